The maximum absolute atomic E-state index is 12.9. The molecule has 184 valence electrons. The molecule has 5 heteroatoms. The van der Waals surface area contributed by atoms with Gasteiger partial charge in [-0.2, -0.15) is 0 Å². The third kappa shape index (κ3) is 6.20. The molecule has 0 bridgehead atoms. The first kappa shape index (κ1) is 26.7. The number of benzene rings is 2. The molecule has 0 saturated heterocycles. The first-order chi connectivity index (χ1) is 15.8. The number of nitrogens with zero attached hydrogens (tertiary/aromatic N) is 1. The van der Waals surface area contributed by atoms with Gasteiger partial charge in [-0.25, -0.2) is 0 Å². The van der Waals surface area contributed by atoms with E-state index in [1.165, 1.54) is 32.6 Å². The van der Waals surface area contributed by atoms with Crippen LogP contribution in [0.2, 0.25) is 5.02 Å². The van der Waals surface area contributed by atoms with Crippen LogP contribution in [0, 0.1) is 5.41 Å². The smallest absolute Gasteiger partial charge is 0.311 e. The highest BCUT2D eigenvalue weighted by Gasteiger charge is 2.34. The number of halogens is 1. The van der Waals surface area contributed by atoms with Crippen LogP contribution in [0.3, 0.4) is 0 Å². The highest BCUT2D eigenvalue weighted by Crippen LogP contribution is 2.44. The van der Waals surface area contributed by atoms with E-state index in [1.54, 1.807) is 0 Å². The maximum atomic E-state index is 12.9. The van der Waals surface area contributed by atoms with Gasteiger partial charge < -0.3 is 9.30 Å². The van der Waals surface area contributed by atoms with Crippen molar-refractivity contribution in [3.8, 4) is 0 Å². The summed E-state index contributed by atoms with van der Waals surface area (Å²) in [6.45, 7) is 18.1. The van der Waals surface area contributed by atoms with Crippen LogP contribution in [-0.2, 0) is 22.5 Å². The predicted molar refractivity (Wildman–Crippen MR) is 146 cm³/mol. The van der Waals surface area contributed by atoms with Gasteiger partial charge in [0.1, 0.15) is 0 Å². The van der Waals surface area contributed by atoms with Crippen LogP contribution in [0.25, 0.3) is 10.9 Å². The Morgan fingerprint density at radius 2 is 1.71 bits per heavy atom. The average Bonchev–Trinajstić information content (AvgIpc) is 3.00. The van der Waals surface area contributed by atoms with Gasteiger partial charge in [0.2, 0.25) is 0 Å². The largest absolute Gasteiger partial charge is 0.466 e. The Morgan fingerprint density at radius 1 is 1.06 bits per heavy atom. The van der Waals surface area contributed by atoms with E-state index in [9.17, 15) is 4.79 Å². The lowest BCUT2D eigenvalue weighted by Crippen LogP contribution is -2.30. The number of hydrogen-bond donors (Lipinski definition) is 0. The number of fused-ring (bicyclic) bond motifs is 1. The summed E-state index contributed by atoms with van der Waals surface area (Å²) < 4.78 is 7.86. The quantitative estimate of drug-likeness (QED) is 0.230. The second-order valence-corrected chi connectivity index (χ2v) is 13.2. The van der Waals surface area contributed by atoms with Crippen LogP contribution in [0.15, 0.2) is 47.4 Å². The zero-order valence-corrected chi connectivity index (χ0v) is 23.4. The molecule has 0 spiro atoms. The summed E-state index contributed by atoms with van der Waals surface area (Å²) in [5, 5.41) is 1.99. The maximum Gasteiger partial charge on any atom is 0.311 e. The van der Waals surface area contributed by atoms with Crippen molar-refractivity contribution < 1.29 is 9.53 Å². The minimum atomic E-state index is -0.643. The number of esters is 1. The molecular weight excluding hydrogens is 462 g/mol. The minimum absolute atomic E-state index is 0.0239. The number of carbonyl (C=O) groups is 1. The Hall–Kier alpha value is -1.91. The molecule has 3 rings (SSSR count). The van der Waals surface area contributed by atoms with Crippen molar-refractivity contribution in [2.45, 2.75) is 83.9 Å². The van der Waals surface area contributed by atoms with Crippen LogP contribution in [-0.4, -0.2) is 21.9 Å². The van der Waals surface area contributed by atoms with E-state index < -0.39 is 5.41 Å². The highest BCUT2D eigenvalue weighted by molar-refractivity contribution is 8.00. The molecule has 0 amide bonds. The van der Waals surface area contributed by atoms with Gasteiger partial charge in [0.15, 0.2) is 0 Å². The number of aromatic nitrogens is 1. The summed E-state index contributed by atoms with van der Waals surface area (Å²) in [4.78, 5) is 14.1. The van der Waals surface area contributed by atoms with Crippen molar-refractivity contribution in [2.75, 3.05) is 6.61 Å². The zero-order chi connectivity index (χ0) is 25.3. The summed E-state index contributed by atoms with van der Waals surface area (Å²) in [7, 11) is 0. The Morgan fingerprint density at radius 3 is 2.26 bits per heavy atom. The van der Waals surface area contributed by atoms with E-state index in [4.69, 9.17) is 16.3 Å². The van der Waals surface area contributed by atoms with Gasteiger partial charge in [0.05, 0.1) is 12.0 Å². The van der Waals surface area contributed by atoms with Gasteiger partial charge >= 0.3 is 5.97 Å². The van der Waals surface area contributed by atoms with Crippen LogP contribution in [0.5, 0.6) is 0 Å². The van der Waals surface area contributed by atoms with Crippen molar-refractivity contribution in [3.05, 3.63) is 64.3 Å². The van der Waals surface area contributed by atoms with Crippen LogP contribution < -0.4 is 0 Å². The molecule has 1 aromatic heterocycles. The summed E-state index contributed by atoms with van der Waals surface area (Å²) in [5.74, 6) is 0.281. The van der Waals surface area contributed by atoms with Crippen LogP contribution >= 0.6 is 23.4 Å². The molecule has 0 aliphatic heterocycles. The Kier molecular flexibility index (Phi) is 8.14. The molecule has 1 heterocycles. The summed E-state index contributed by atoms with van der Waals surface area (Å²) in [6.07, 6.45) is 0.601. The lowest BCUT2D eigenvalue weighted by Gasteiger charge is -2.26. The molecule has 0 fully saturated rings. The lowest BCUT2D eigenvalue weighted by atomic mass is 9.87. The van der Waals surface area contributed by atoms with E-state index in [0.717, 1.165) is 5.02 Å². The fourth-order valence-corrected chi connectivity index (χ4v) is 5.43. The topological polar surface area (TPSA) is 31.2 Å². The van der Waals surface area contributed by atoms with Gasteiger partial charge in [-0.15, -0.1) is 11.8 Å². The van der Waals surface area contributed by atoms with Crippen LogP contribution in [0.4, 0.5) is 0 Å². The van der Waals surface area contributed by atoms with E-state index in [1.807, 2.05) is 44.7 Å². The fourth-order valence-electron chi connectivity index (χ4n) is 4.12. The summed E-state index contributed by atoms with van der Waals surface area (Å²) in [5.41, 5.74) is 4.24. The van der Waals surface area contributed by atoms with E-state index in [-0.39, 0.29) is 10.7 Å². The first-order valence-electron chi connectivity index (χ1n) is 12.1. The van der Waals surface area contributed by atoms with Gasteiger partial charge in [-0.3, -0.25) is 4.79 Å². The monoisotopic (exact) mass is 499 g/mol. The molecular formula is C29H38ClNO2S. The first-order valence-corrected chi connectivity index (χ1v) is 13.3. The zero-order valence-electron chi connectivity index (χ0n) is 21.8. The van der Waals surface area contributed by atoms with Gasteiger partial charge in [-0.1, -0.05) is 64.4 Å². The van der Waals surface area contributed by atoms with E-state index in [0.29, 0.717) is 25.5 Å². The minimum Gasteiger partial charge on any atom is -0.466 e. The molecule has 0 atom stereocenters. The van der Waals surface area contributed by atoms with Gasteiger partial charge in [0.25, 0.3) is 0 Å². The Balaban J connectivity index is 2.27. The Labute approximate surface area is 214 Å². The average molecular weight is 500 g/mol. The third-order valence-corrected chi connectivity index (χ3v) is 7.43. The SMILES string of the molecule is CCOC(=O)C(C)(C)Cc1c(SC(C)(C)C)c2cc(C(C)C)ccc2n1Cc1ccc(Cl)cc1. The van der Waals surface area contributed by atoms with Crippen LogP contribution in [0.1, 0.15) is 78.1 Å². The second kappa shape index (κ2) is 10.4. The van der Waals surface area contributed by atoms with Crippen molar-refractivity contribution in [3.63, 3.8) is 0 Å². The van der Waals surface area contributed by atoms with E-state index in [2.05, 4.69) is 69.5 Å². The number of rotatable bonds is 8. The second-order valence-electron chi connectivity index (χ2n) is 10.9. The molecule has 0 N–H and O–H groups in total. The molecule has 34 heavy (non-hydrogen) atoms. The molecule has 0 saturated carbocycles. The van der Waals surface area contributed by atoms with Crippen molar-refractivity contribution in [2.24, 2.45) is 5.41 Å². The number of carbonyl (C=O) groups excluding carboxylic acids is 1. The highest BCUT2D eigenvalue weighted by atomic mass is 35.5. The molecule has 0 aliphatic rings. The standard InChI is InChI=1S/C29H38ClNO2S/c1-9-33-27(32)29(7,8)17-25-26(34-28(4,5)6)23-16-21(19(2)3)12-15-24(23)31(25)18-20-10-13-22(30)14-11-20/h10-16,19H,9,17-18H2,1-8H3. The van der Waals surface area contributed by atoms with E-state index >= 15 is 0 Å². The van der Waals surface area contributed by atoms with Gasteiger partial charge in [-0.05, 0) is 62.1 Å². The molecule has 2 aromatic carbocycles. The van der Waals surface area contributed by atoms with Crippen molar-refractivity contribution in [1.29, 1.82) is 0 Å². The van der Waals surface area contributed by atoms with Gasteiger partial charge in [0, 0.05) is 44.2 Å². The predicted octanol–water partition coefficient (Wildman–Crippen LogP) is 8.49. The molecule has 3 nitrogen and oxygen atoms in total. The number of ether oxygens (including phenoxy) is 1. The number of thioether (sulfide) groups is 1. The summed E-state index contributed by atoms with van der Waals surface area (Å²) in [6, 6.07) is 14.8. The molecule has 0 aliphatic carbocycles. The normalized spacial score (nSPS) is 12.5. The van der Waals surface area contributed by atoms with Crippen molar-refractivity contribution >= 4 is 40.2 Å². The fraction of sp³-hybridized carbons (Fsp3) is 0.483. The molecule has 0 unspecified atom stereocenters. The number of hydrogen-bond acceptors (Lipinski definition) is 3. The molecule has 0 radical (unpaired) electrons. The summed E-state index contributed by atoms with van der Waals surface area (Å²) >= 11 is 8.04. The van der Waals surface area contributed by atoms with Crippen molar-refractivity contribution in [1.82, 2.24) is 4.57 Å². The lowest BCUT2D eigenvalue weighted by molar-refractivity contribution is -0.153. The molecule has 3 aromatic rings. The Bertz CT molecular complexity index is 1150. The third-order valence-electron chi connectivity index (χ3n) is 5.91.